The van der Waals surface area contributed by atoms with Crippen LogP contribution in [0.5, 0.6) is 0 Å². The topological polar surface area (TPSA) is 83.6 Å². The molecule has 0 radical (unpaired) electrons. The van der Waals surface area contributed by atoms with Crippen LogP contribution in [0.2, 0.25) is 0 Å². The zero-order valence-corrected chi connectivity index (χ0v) is 15.4. The second-order valence-electron chi connectivity index (χ2n) is 7.02. The van der Waals surface area contributed by atoms with Gasteiger partial charge in [-0.05, 0) is 24.1 Å². The molecule has 0 aromatic heterocycles. The Hall–Kier alpha value is -2.17. The first-order chi connectivity index (χ1) is 13.0. The molecule has 1 aromatic carbocycles. The molecular weight excluding hydrogens is 404 g/mol. The molecule has 0 aliphatic carbocycles. The van der Waals surface area contributed by atoms with E-state index in [1.807, 2.05) is 0 Å². The Kier molecular flexibility index (Phi) is 5.39. The Morgan fingerprint density at radius 2 is 2.00 bits per heavy atom. The van der Waals surface area contributed by atoms with E-state index in [1.165, 1.54) is 4.90 Å². The summed E-state index contributed by atoms with van der Waals surface area (Å²) in [6, 6.07) is 1.72. The molecule has 0 spiro atoms. The molecule has 0 bridgehead atoms. The lowest BCUT2D eigenvalue weighted by Crippen LogP contribution is -2.39. The van der Waals surface area contributed by atoms with E-state index in [9.17, 15) is 35.6 Å². The van der Waals surface area contributed by atoms with Gasteiger partial charge in [0.1, 0.15) is 5.82 Å². The lowest BCUT2D eigenvalue weighted by molar-refractivity contribution is -0.138. The van der Waals surface area contributed by atoms with Crippen LogP contribution in [0.3, 0.4) is 0 Å². The number of nitrogens with zero attached hydrogens (tertiary/aromatic N) is 1. The van der Waals surface area contributed by atoms with Gasteiger partial charge >= 0.3 is 6.18 Å². The van der Waals surface area contributed by atoms with Gasteiger partial charge < -0.3 is 10.2 Å². The van der Waals surface area contributed by atoms with Gasteiger partial charge in [0.25, 0.3) is 0 Å². The van der Waals surface area contributed by atoms with Crippen molar-refractivity contribution in [3.63, 3.8) is 0 Å². The summed E-state index contributed by atoms with van der Waals surface area (Å²) in [6.07, 6.45) is -4.58. The van der Waals surface area contributed by atoms with Gasteiger partial charge in [-0.25, -0.2) is 12.8 Å². The minimum absolute atomic E-state index is 0.0108. The lowest BCUT2D eigenvalue weighted by Gasteiger charge is -2.23. The standard InChI is InChI=1S/C17H18F4N2O4S/c18-12-2-1-10(14(6-12)17(19,20)21)7-22-16(25)11-5-15(24)23(8-11)13-3-4-28(26,27)9-13/h1-2,6,11,13H,3-5,7-9H2,(H,22,25). The number of likely N-dealkylation sites (tertiary alicyclic amines) is 1. The molecule has 2 unspecified atom stereocenters. The van der Waals surface area contributed by atoms with E-state index in [0.717, 1.165) is 12.1 Å². The van der Waals surface area contributed by atoms with Crippen LogP contribution in [-0.2, 0) is 32.1 Å². The number of sulfone groups is 1. The summed E-state index contributed by atoms with van der Waals surface area (Å²) in [5, 5.41) is 2.36. The molecule has 2 aliphatic rings. The van der Waals surface area contributed by atoms with Gasteiger partial charge in [-0.2, -0.15) is 13.2 Å². The molecule has 2 aliphatic heterocycles. The van der Waals surface area contributed by atoms with Gasteiger partial charge in [-0.1, -0.05) is 6.07 Å². The Morgan fingerprint density at radius 3 is 2.61 bits per heavy atom. The molecule has 2 amide bonds. The van der Waals surface area contributed by atoms with Gasteiger partial charge in [-0.15, -0.1) is 0 Å². The third-order valence-corrected chi connectivity index (χ3v) is 6.76. The highest BCUT2D eigenvalue weighted by molar-refractivity contribution is 7.91. The predicted molar refractivity (Wildman–Crippen MR) is 90.1 cm³/mol. The van der Waals surface area contributed by atoms with Gasteiger partial charge in [0.2, 0.25) is 11.8 Å². The summed E-state index contributed by atoms with van der Waals surface area (Å²) >= 11 is 0. The fourth-order valence-corrected chi connectivity index (χ4v) is 5.31. The van der Waals surface area contributed by atoms with Crippen LogP contribution in [-0.4, -0.2) is 49.2 Å². The van der Waals surface area contributed by atoms with E-state index in [0.29, 0.717) is 12.5 Å². The van der Waals surface area contributed by atoms with Crippen LogP contribution in [0.4, 0.5) is 17.6 Å². The van der Waals surface area contributed by atoms with E-state index < -0.39 is 51.8 Å². The molecule has 1 aromatic rings. The second kappa shape index (κ2) is 7.34. The van der Waals surface area contributed by atoms with Crippen molar-refractivity contribution in [1.29, 1.82) is 0 Å². The average molecular weight is 422 g/mol. The minimum Gasteiger partial charge on any atom is -0.352 e. The summed E-state index contributed by atoms with van der Waals surface area (Å²) in [6.45, 7) is -0.434. The maximum absolute atomic E-state index is 13.1. The predicted octanol–water partition coefficient (Wildman–Crippen LogP) is 1.50. The summed E-state index contributed by atoms with van der Waals surface area (Å²) in [5.41, 5.74) is -1.46. The maximum Gasteiger partial charge on any atom is 0.416 e. The number of alkyl halides is 3. The van der Waals surface area contributed by atoms with Crippen LogP contribution >= 0.6 is 0 Å². The monoisotopic (exact) mass is 422 g/mol. The SMILES string of the molecule is O=C(NCc1ccc(F)cc1C(F)(F)F)C1CC(=O)N(C2CCS(=O)(=O)C2)C1. The normalized spacial score (nSPS) is 24.6. The van der Waals surface area contributed by atoms with E-state index in [1.54, 1.807) is 0 Å². The zero-order chi connectivity index (χ0) is 20.7. The third-order valence-electron chi connectivity index (χ3n) is 5.01. The van der Waals surface area contributed by atoms with Gasteiger partial charge in [0.05, 0.1) is 23.0 Å². The molecular formula is C17H18F4N2O4S. The summed E-state index contributed by atoms with van der Waals surface area (Å²) in [5.74, 6) is -2.91. The molecule has 28 heavy (non-hydrogen) atoms. The Morgan fingerprint density at radius 1 is 1.29 bits per heavy atom. The Bertz CT molecular complexity index is 901. The largest absolute Gasteiger partial charge is 0.416 e. The first-order valence-electron chi connectivity index (χ1n) is 8.59. The van der Waals surface area contributed by atoms with Crippen molar-refractivity contribution < 1.29 is 35.6 Å². The maximum atomic E-state index is 13.1. The molecule has 1 N–H and O–H groups in total. The van der Waals surface area contributed by atoms with Crippen LogP contribution in [0.15, 0.2) is 18.2 Å². The molecule has 6 nitrogen and oxygen atoms in total. The fraction of sp³-hybridized carbons (Fsp3) is 0.529. The first kappa shape index (κ1) is 20.6. The highest BCUT2D eigenvalue weighted by atomic mass is 32.2. The van der Waals surface area contributed by atoms with Gasteiger partial charge in [0, 0.05) is 25.6 Å². The Labute approximate surface area is 158 Å². The number of halogens is 4. The van der Waals surface area contributed by atoms with Crippen LogP contribution in [0.25, 0.3) is 0 Å². The van der Waals surface area contributed by atoms with Crippen molar-refractivity contribution in [3.8, 4) is 0 Å². The molecule has 2 fully saturated rings. The third kappa shape index (κ3) is 4.45. The van der Waals surface area contributed by atoms with E-state index >= 15 is 0 Å². The van der Waals surface area contributed by atoms with E-state index in [2.05, 4.69) is 5.32 Å². The van der Waals surface area contributed by atoms with Crippen LogP contribution < -0.4 is 5.32 Å². The lowest BCUT2D eigenvalue weighted by atomic mass is 10.1. The van der Waals surface area contributed by atoms with Gasteiger partial charge in [0.15, 0.2) is 9.84 Å². The molecule has 2 atom stereocenters. The van der Waals surface area contributed by atoms with Crippen molar-refractivity contribution in [2.75, 3.05) is 18.1 Å². The number of hydrogen-bond donors (Lipinski definition) is 1. The minimum atomic E-state index is -4.77. The molecule has 3 rings (SSSR count). The van der Waals surface area contributed by atoms with Crippen molar-refractivity contribution in [2.45, 2.75) is 31.6 Å². The van der Waals surface area contributed by atoms with Crippen molar-refractivity contribution in [3.05, 3.63) is 35.1 Å². The zero-order valence-electron chi connectivity index (χ0n) is 14.6. The number of rotatable bonds is 4. The quantitative estimate of drug-likeness (QED) is 0.746. The van der Waals surface area contributed by atoms with Crippen LogP contribution in [0, 0.1) is 11.7 Å². The number of carbonyl (C=O) groups is 2. The molecule has 2 saturated heterocycles. The Balaban J connectivity index is 1.63. The van der Waals surface area contributed by atoms with E-state index in [-0.39, 0.29) is 35.9 Å². The van der Waals surface area contributed by atoms with Crippen molar-refractivity contribution >= 4 is 21.7 Å². The summed E-state index contributed by atoms with van der Waals surface area (Å²) in [7, 11) is -3.19. The number of hydrogen-bond acceptors (Lipinski definition) is 4. The smallest absolute Gasteiger partial charge is 0.352 e. The highest BCUT2D eigenvalue weighted by Crippen LogP contribution is 2.32. The second-order valence-corrected chi connectivity index (χ2v) is 9.25. The number of nitrogens with one attached hydrogen (secondary N) is 1. The van der Waals surface area contributed by atoms with Crippen molar-refractivity contribution in [2.24, 2.45) is 5.92 Å². The molecule has 154 valence electrons. The summed E-state index contributed by atoms with van der Waals surface area (Å²) < 4.78 is 75.3. The summed E-state index contributed by atoms with van der Waals surface area (Å²) in [4.78, 5) is 25.8. The first-order valence-corrected chi connectivity index (χ1v) is 10.4. The van der Waals surface area contributed by atoms with E-state index in [4.69, 9.17) is 0 Å². The van der Waals surface area contributed by atoms with Crippen LogP contribution in [0.1, 0.15) is 24.0 Å². The molecule has 11 heteroatoms. The number of amides is 2. The number of benzene rings is 1. The molecule has 0 saturated carbocycles. The van der Waals surface area contributed by atoms with Crippen molar-refractivity contribution in [1.82, 2.24) is 10.2 Å². The number of carbonyl (C=O) groups excluding carboxylic acids is 2. The fourth-order valence-electron chi connectivity index (χ4n) is 3.57. The average Bonchev–Trinajstić information content (AvgIpc) is 3.14. The highest BCUT2D eigenvalue weighted by Gasteiger charge is 2.42. The molecule has 2 heterocycles. The van der Waals surface area contributed by atoms with Gasteiger partial charge in [-0.3, -0.25) is 9.59 Å².